The predicted octanol–water partition coefficient (Wildman–Crippen LogP) is 6.89. The Labute approximate surface area is 180 Å². The molecule has 0 amide bonds. The van der Waals surface area contributed by atoms with Crippen LogP contribution in [0.25, 0.3) is 22.4 Å². The highest BCUT2D eigenvalue weighted by Crippen LogP contribution is 2.40. The number of benzene rings is 3. The van der Waals surface area contributed by atoms with Gasteiger partial charge in [0.25, 0.3) is 0 Å². The summed E-state index contributed by atoms with van der Waals surface area (Å²) in [6.07, 6.45) is 0. The van der Waals surface area contributed by atoms with Crippen LogP contribution >= 0.6 is 39.1 Å². The van der Waals surface area contributed by atoms with E-state index in [1.54, 1.807) is 19.2 Å². The van der Waals surface area contributed by atoms with Crippen LogP contribution in [0.1, 0.15) is 5.56 Å². The molecule has 0 atom stereocenters. The summed E-state index contributed by atoms with van der Waals surface area (Å²) in [6, 6.07) is 17.0. The molecule has 0 radical (unpaired) electrons. The van der Waals surface area contributed by atoms with Crippen molar-refractivity contribution in [2.75, 3.05) is 7.11 Å². The third-order valence-corrected chi connectivity index (χ3v) is 5.46. The van der Waals surface area contributed by atoms with E-state index in [0.717, 1.165) is 32.5 Å². The van der Waals surface area contributed by atoms with Gasteiger partial charge in [-0.3, -0.25) is 0 Å². The van der Waals surface area contributed by atoms with Crippen molar-refractivity contribution < 1.29 is 9.47 Å². The Kier molecular flexibility index (Phi) is 5.49. The zero-order valence-electron chi connectivity index (χ0n) is 14.8. The van der Waals surface area contributed by atoms with Gasteiger partial charge < -0.3 is 14.5 Å². The number of hydrogen-bond donors (Lipinski definition) is 1. The predicted molar refractivity (Wildman–Crippen MR) is 117 cm³/mol. The van der Waals surface area contributed by atoms with Crippen molar-refractivity contribution in [3.8, 4) is 22.9 Å². The van der Waals surface area contributed by atoms with E-state index in [-0.39, 0.29) is 6.61 Å². The van der Waals surface area contributed by atoms with Gasteiger partial charge in [-0.1, -0.05) is 41.4 Å². The number of H-pyrrole nitrogens is 1. The lowest BCUT2D eigenvalue weighted by molar-refractivity contribution is 0.283. The highest BCUT2D eigenvalue weighted by molar-refractivity contribution is 9.10. The fourth-order valence-electron chi connectivity index (χ4n) is 2.87. The maximum atomic E-state index is 6.23. The van der Waals surface area contributed by atoms with Gasteiger partial charge in [-0.15, -0.1) is 0 Å². The molecular weight excluding hydrogens is 463 g/mol. The Morgan fingerprint density at radius 2 is 1.89 bits per heavy atom. The molecule has 0 bridgehead atoms. The van der Waals surface area contributed by atoms with Gasteiger partial charge in [-0.2, -0.15) is 0 Å². The Hall–Kier alpha value is -2.21. The number of rotatable bonds is 5. The summed E-state index contributed by atoms with van der Waals surface area (Å²) in [7, 11) is 1.60. The summed E-state index contributed by atoms with van der Waals surface area (Å²) in [4.78, 5) is 7.96. The molecule has 0 aliphatic heterocycles. The first-order valence-corrected chi connectivity index (χ1v) is 9.99. The Balaban J connectivity index is 1.65. The average Bonchev–Trinajstić information content (AvgIpc) is 3.12. The smallest absolute Gasteiger partial charge is 0.175 e. The van der Waals surface area contributed by atoms with Crippen LogP contribution < -0.4 is 9.47 Å². The number of methoxy groups -OCH3 is 1. The van der Waals surface area contributed by atoms with E-state index in [4.69, 9.17) is 32.7 Å². The average molecular weight is 478 g/mol. The monoisotopic (exact) mass is 476 g/mol. The number of halogens is 3. The van der Waals surface area contributed by atoms with Crippen LogP contribution in [-0.4, -0.2) is 17.1 Å². The molecule has 1 aromatic heterocycles. The second-order valence-corrected chi connectivity index (χ2v) is 7.81. The fourth-order valence-corrected chi connectivity index (χ4v) is 3.89. The summed E-state index contributed by atoms with van der Waals surface area (Å²) < 4.78 is 12.3. The number of imidazole rings is 1. The molecule has 142 valence electrons. The molecule has 1 heterocycles. The number of aromatic nitrogens is 2. The molecule has 7 heteroatoms. The van der Waals surface area contributed by atoms with Gasteiger partial charge in [-0.05, 0) is 52.3 Å². The van der Waals surface area contributed by atoms with Crippen molar-refractivity contribution >= 4 is 50.2 Å². The quantitative estimate of drug-likeness (QED) is 0.340. The zero-order valence-corrected chi connectivity index (χ0v) is 17.9. The molecule has 0 aliphatic carbocycles. The number of aromatic amines is 1. The van der Waals surface area contributed by atoms with Gasteiger partial charge in [0.2, 0.25) is 0 Å². The molecular formula is C21H15BrCl2N2O2. The van der Waals surface area contributed by atoms with Gasteiger partial charge in [-0.25, -0.2) is 4.98 Å². The number of fused-ring (bicyclic) bond motifs is 1. The largest absolute Gasteiger partial charge is 0.493 e. The molecule has 0 saturated heterocycles. The summed E-state index contributed by atoms with van der Waals surface area (Å²) >= 11 is 15.8. The Morgan fingerprint density at radius 3 is 2.64 bits per heavy atom. The van der Waals surface area contributed by atoms with Crippen LogP contribution in [0.3, 0.4) is 0 Å². The molecule has 3 aromatic carbocycles. The Bertz CT molecular complexity index is 1130. The lowest BCUT2D eigenvalue weighted by atomic mass is 10.2. The van der Waals surface area contributed by atoms with Crippen molar-refractivity contribution in [1.29, 1.82) is 0 Å². The maximum absolute atomic E-state index is 6.23. The number of ether oxygens (including phenoxy) is 2. The number of nitrogens with one attached hydrogen (secondary N) is 1. The summed E-state index contributed by atoms with van der Waals surface area (Å²) in [6.45, 7) is 0.287. The van der Waals surface area contributed by atoms with E-state index in [1.165, 1.54) is 0 Å². The minimum atomic E-state index is 0.287. The minimum Gasteiger partial charge on any atom is -0.493 e. The van der Waals surface area contributed by atoms with E-state index in [0.29, 0.717) is 21.5 Å². The van der Waals surface area contributed by atoms with Crippen LogP contribution in [0, 0.1) is 0 Å². The van der Waals surface area contributed by atoms with Gasteiger partial charge in [0, 0.05) is 21.2 Å². The van der Waals surface area contributed by atoms with Gasteiger partial charge in [0.15, 0.2) is 11.5 Å². The van der Waals surface area contributed by atoms with Crippen molar-refractivity contribution in [3.63, 3.8) is 0 Å². The molecule has 0 spiro atoms. The second kappa shape index (κ2) is 8.03. The van der Waals surface area contributed by atoms with Gasteiger partial charge >= 0.3 is 0 Å². The highest BCUT2D eigenvalue weighted by Gasteiger charge is 2.15. The van der Waals surface area contributed by atoms with Crippen LogP contribution in [0.5, 0.6) is 11.5 Å². The lowest BCUT2D eigenvalue weighted by Crippen LogP contribution is -2.00. The molecule has 0 unspecified atom stereocenters. The van der Waals surface area contributed by atoms with E-state index < -0.39 is 0 Å². The number of hydrogen-bond acceptors (Lipinski definition) is 3. The van der Waals surface area contributed by atoms with Crippen molar-refractivity contribution in [1.82, 2.24) is 9.97 Å². The fraction of sp³-hybridized carbons (Fsp3) is 0.0952. The third-order valence-electron chi connectivity index (χ3n) is 4.28. The van der Waals surface area contributed by atoms with E-state index in [2.05, 4.69) is 25.9 Å². The van der Waals surface area contributed by atoms with E-state index >= 15 is 0 Å². The van der Waals surface area contributed by atoms with Crippen LogP contribution in [0.15, 0.2) is 59.1 Å². The first kappa shape index (κ1) is 19.1. The first-order valence-electron chi connectivity index (χ1n) is 8.44. The molecule has 0 saturated carbocycles. The third kappa shape index (κ3) is 3.83. The van der Waals surface area contributed by atoms with Gasteiger partial charge in [0.1, 0.15) is 12.4 Å². The standard InChI is InChI=1S/C21H15BrCl2N2O2/c1-27-19-9-13(21-25-17-4-2-3-5-18(17)26-21)8-15(22)20(19)28-11-12-6-7-14(23)10-16(12)24/h2-10H,11H2,1H3,(H,25,26). The van der Waals surface area contributed by atoms with Gasteiger partial charge in [0.05, 0.1) is 22.6 Å². The van der Waals surface area contributed by atoms with Crippen molar-refractivity contribution in [2.45, 2.75) is 6.61 Å². The number of nitrogens with zero attached hydrogens (tertiary/aromatic N) is 1. The van der Waals surface area contributed by atoms with Crippen LogP contribution in [0.4, 0.5) is 0 Å². The number of para-hydroxylation sites is 2. The highest BCUT2D eigenvalue weighted by atomic mass is 79.9. The second-order valence-electron chi connectivity index (χ2n) is 6.12. The molecule has 4 nitrogen and oxygen atoms in total. The lowest BCUT2D eigenvalue weighted by Gasteiger charge is -2.14. The molecule has 0 fully saturated rings. The van der Waals surface area contributed by atoms with E-state index in [9.17, 15) is 0 Å². The van der Waals surface area contributed by atoms with Crippen molar-refractivity contribution in [2.24, 2.45) is 0 Å². The van der Waals surface area contributed by atoms with Crippen LogP contribution in [-0.2, 0) is 6.61 Å². The molecule has 4 aromatic rings. The SMILES string of the molecule is COc1cc(-c2nc3ccccc3[nH]2)cc(Br)c1OCc1ccc(Cl)cc1Cl. The molecule has 1 N–H and O–H groups in total. The summed E-state index contributed by atoms with van der Waals surface area (Å²) in [5, 5.41) is 1.14. The molecule has 0 aliphatic rings. The first-order chi connectivity index (χ1) is 13.5. The van der Waals surface area contributed by atoms with Crippen LogP contribution in [0.2, 0.25) is 10.0 Å². The summed E-state index contributed by atoms with van der Waals surface area (Å²) in [5.41, 5.74) is 3.61. The molecule has 28 heavy (non-hydrogen) atoms. The van der Waals surface area contributed by atoms with Crippen molar-refractivity contribution in [3.05, 3.63) is 74.7 Å². The topological polar surface area (TPSA) is 47.1 Å². The van der Waals surface area contributed by atoms with E-state index in [1.807, 2.05) is 42.5 Å². The maximum Gasteiger partial charge on any atom is 0.175 e. The Morgan fingerprint density at radius 1 is 1.07 bits per heavy atom. The summed E-state index contributed by atoms with van der Waals surface area (Å²) in [5.74, 6) is 1.94. The molecule has 4 rings (SSSR count). The zero-order chi connectivity index (χ0) is 19.7. The normalized spacial score (nSPS) is 11.0. The minimum absolute atomic E-state index is 0.287.